The van der Waals surface area contributed by atoms with Gasteiger partial charge in [0.1, 0.15) is 7.11 Å². The molecule has 0 bridgehead atoms. The fraction of sp³-hybridized carbons (Fsp3) is 0.636. The smallest absolute Gasteiger partial charge is 0.106 e. The molecule has 2 aliphatic rings. The molecule has 0 heterocycles. The zero-order valence-electron chi connectivity index (χ0n) is 8.96. The largest absolute Gasteiger partial charge is 0.399 e. The van der Waals surface area contributed by atoms with Crippen molar-refractivity contribution in [2.45, 2.75) is 20.8 Å². The van der Waals surface area contributed by atoms with E-state index < -0.39 is 0 Å². The van der Waals surface area contributed by atoms with Crippen LogP contribution in [0.1, 0.15) is 20.8 Å². The Kier molecular flexibility index (Phi) is 1.72. The number of hydrogen-bond acceptors (Lipinski definition) is 3. The molecule has 0 unspecified atom stereocenters. The normalized spacial score (nSPS) is 35.5. The summed E-state index contributed by atoms with van der Waals surface area (Å²) in [5.74, 6) is 0.776. The Bertz CT molecular complexity index is 385. The minimum Gasteiger partial charge on any atom is -0.399 e. The molecular weight excluding hydrogens is 176 g/mol. The first kappa shape index (κ1) is 9.26. The van der Waals surface area contributed by atoms with Gasteiger partial charge in [0, 0.05) is 17.4 Å². The van der Waals surface area contributed by atoms with Crippen LogP contribution in [0.5, 0.6) is 0 Å². The summed E-state index contributed by atoms with van der Waals surface area (Å²) >= 11 is 0. The molecule has 1 saturated carbocycles. The van der Waals surface area contributed by atoms with Crippen LogP contribution in [0, 0.1) is 28.6 Å². The van der Waals surface area contributed by atoms with Gasteiger partial charge >= 0.3 is 0 Å². The number of nitrogens with zero attached hydrogens (tertiary/aromatic N) is 2. The minimum absolute atomic E-state index is 0.196. The molecule has 2 atom stereocenters. The van der Waals surface area contributed by atoms with Gasteiger partial charge in [-0.3, -0.25) is 0 Å². The van der Waals surface area contributed by atoms with Crippen LogP contribution in [-0.4, -0.2) is 12.8 Å². The number of fused-ring (bicyclic) bond motifs is 1. The molecule has 0 aliphatic heterocycles. The standard InChI is InChI=1S/C11H14N2O/c1-6-7(5-12)8-9(11(8,2)3)10(6)13-14-4/h8-9H,1-4H3/b13-10-/t8-,9-/m1/s1. The lowest BCUT2D eigenvalue weighted by Crippen LogP contribution is -2.09. The van der Waals surface area contributed by atoms with Gasteiger partial charge in [0.25, 0.3) is 0 Å². The quantitative estimate of drug-likeness (QED) is 0.594. The summed E-state index contributed by atoms with van der Waals surface area (Å²) in [5, 5.41) is 13.1. The van der Waals surface area contributed by atoms with E-state index >= 15 is 0 Å². The van der Waals surface area contributed by atoms with Gasteiger partial charge in [0.2, 0.25) is 0 Å². The van der Waals surface area contributed by atoms with Gasteiger partial charge < -0.3 is 4.84 Å². The molecule has 0 spiro atoms. The summed E-state index contributed by atoms with van der Waals surface area (Å²) in [6.45, 7) is 6.31. The molecule has 0 amide bonds. The van der Waals surface area contributed by atoms with Gasteiger partial charge in [0.05, 0.1) is 11.8 Å². The predicted octanol–water partition coefficient (Wildman–Crippen LogP) is 2.11. The van der Waals surface area contributed by atoms with Gasteiger partial charge in [-0.2, -0.15) is 5.26 Å². The maximum atomic E-state index is 9.05. The highest BCUT2D eigenvalue weighted by molar-refractivity contribution is 6.08. The zero-order valence-corrected chi connectivity index (χ0v) is 8.96. The van der Waals surface area contributed by atoms with Crippen LogP contribution >= 0.6 is 0 Å². The zero-order chi connectivity index (χ0) is 10.5. The van der Waals surface area contributed by atoms with Crippen LogP contribution in [0.2, 0.25) is 0 Å². The topological polar surface area (TPSA) is 45.4 Å². The van der Waals surface area contributed by atoms with Crippen molar-refractivity contribution in [1.29, 1.82) is 5.26 Å². The molecule has 3 nitrogen and oxygen atoms in total. The van der Waals surface area contributed by atoms with Crippen molar-refractivity contribution in [2.75, 3.05) is 7.11 Å². The van der Waals surface area contributed by atoms with Crippen molar-refractivity contribution in [1.82, 2.24) is 0 Å². The Hall–Kier alpha value is -1.30. The van der Waals surface area contributed by atoms with Crippen LogP contribution < -0.4 is 0 Å². The number of oxime groups is 1. The van der Waals surface area contributed by atoms with E-state index in [0.29, 0.717) is 11.8 Å². The van der Waals surface area contributed by atoms with E-state index in [1.807, 2.05) is 6.92 Å². The maximum absolute atomic E-state index is 9.05. The molecule has 0 radical (unpaired) electrons. The Morgan fingerprint density at radius 3 is 2.50 bits per heavy atom. The van der Waals surface area contributed by atoms with E-state index in [0.717, 1.165) is 16.9 Å². The van der Waals surface area contributed by atoms with Crippen molar-refractivity contribution in [3.8, 4) is 6.07 Å². The van der Waals surface area contributed by atoms with Crippen molar-refractivity contribution in [3.05, 3.63) is 11.1 Å². The average Bonchev–Trinajstić information content (AvgIpc) is 2.53. The van der Waals surface area contributed by atoms with Crippen LogP contribution in [0.15, 0.2) is 16.3 Å². The Labute approximate surface area is 84.0 Å². The first-order chi connectivity index (χ1) is 6.55. The SMILES string of the molecule is CO/N=C1/C(C)=C(C#N)[C@@H]2[C@H]1C2(C)C. The van der Waals surface area contributed by atoms with Gasteiger partial charge in [-0.15, -0.1) is 0 Å². The van der Waals surface area contributed by atoms with Gasteiger partial charge in [-0.25, -0.2) is 0 Å². The third kappa shape index (κ3) is 0.886. The van der Waals surface area contributed by atoms with Crippen molar-refractivity contribution in [3.63, 3.8) is 0 Å². The molecule has 0 aromatic carbocycles. The van der Waals surface area contributed by atoms with Crippen LogP contribution in [0.3, 0.4) is 0 Å². The fourth-order valence-electron chi connectivity index (χ4n) is 2.67. The lowest BCUT2D eigenvalue weighted by molar-refractivity contribution is 0.212. The number of nitriles is 1. The van der Waals surface area contributed by atoms with E-state index in [9.17, 15) is 0 Å². The van der Waals surface area contributed by atoms with Crippen molar-refractivity contribution in [2.24, 2.45) is 22.4 Å². The lowest BCUT2D eigenvalue weighted by atomic mass is 9.95. The van der Waals surface area contributed by atoms with Crippen molar-refractivity contribution >= 4 is 5.71 Å². The Morgan fingerprint density at radius 2 is 2.07 bits per heavy atom. The summed E-state index contributed by atoms with van der Waals surface area (Å²) < 4.78 is 0. The lowest BCUT2D eigenvalue weighted by Gasteiger charge is -2.09. The summed E-state index contributed by atoms with van der Waals surface area (Å²) in [7, 11) is 1.55. The average molecular weight is 190 g/mol. The van der Waals surface area contributed by atoms with E-state index in [2.05, 4.69) is 25.1 Å². The first-order valence-electron chi connectivity index (χ1n) is 4.78. The Balaban J connectivity index is 2.45. The van der Waals surface area contributed by atoms with Gasteiger partial charge in [-0.05, 0) is 17.9 Å². The second-order valence-corrected chi connectivity index (χ2v) is 4.59. The summed E-state index contributed by atoms with van der Waals surface area (Å²) in [5.41, 5.74) is 3.08. The fourth-order valence-corrected chi connectivity index (χ4v) is 2.67. The molecule has 3 heteroatoms. The Morgan fingerprint density at radius 1 is 1.43 bits per heavy atom. The third-order valence-corrected chi connectivity index (χ3v) is 3.53. The molecule has 14 heavy (non-hydrogen) atoms. The van der Waals surface area contributed by atoms with Crippen LogP contribution in [0.25, 0.3) is 0 Å². The maximum Gasteiger partial charge on any atom is 0.106 e. The predicted molar refractivity (Wildman–Crippen MR) is 53.5 cm³/mol. The minimum atomic E-state index is 0.196. The second-order valence-electron chi connectivity index (χ2n) is 4.59. The monoisotopic (exact) mass is 190 g/mol. The molecule has 0 saturated heterocycles. The molecule has 2 rings (SSSR count). The van der Waals surface area contributed by atoms with E-state index in [-0.39, 0.29) is 5.41 Å². The van der Waals surface area contributed by atoms with E-state index in [1.165, 1.54) is 0 Å². The summed E-state index contributed by atoms with van der Waals surface area (Å²) in [6, 6.07) is 2.29. The number of hydrogen-bond donors (Lipinski definition) is 0. The second kappa shape index (κ2) is 2.60. The summed E-state index contributed by atoms with van der Waals surface area (Å²) in [6.07, 6.45) is 0. The number of allylic oxidation sites excluding steroid dienone is 2. The first-order valence-corrected chi connectivity index (χ1v) is 4.78. The van der Waals surface area contributed by atoms with Gasteiger partial charge in [-0.1, -0.05) is 19.0 Å². The molecule has 0 aromatic heterocycles. The molecular formula is C11H14N2O. The van der Waals surface area contributed by atoms with Crippen LogP contribution in [0.4, 0.5) is 0 Å². The summed E-state index contributed by atoms with van der Waals surface area (Å²) in [4.78, 5) is 4.82. The van der Waals surface area contributed by atoms with E-state index in [1.54, 1.807) is 7.11 Å². The number of rotatable bonds is 1. The van der Waals surface area contributed by atoms with Crippen molar-refractivity contribution < 1.29 is 4.84 Å². The van der Waals surface area contributed by atoms with Crippen LogP contribution in [-0.2, 0) is 4.84 Å². The van der Waals surface area contributed by atoms with Gasteiger partial charge in [0.15, 0.2) is 0 Å². The third-order valence-electron chi connectivity index (χ3n) is 3.53. The molecule has 1 fully saturated rings. The van der Waals surface area contributed by atoms with E-state index in [4.69, 9.17) is 10.1 Å². The molecule has 2 aliphatic carbocycles. The molecule has 74 valence electrons. The highest BCUT2D eigenvalue weighted by Crippen LogP contribution is 2.67. The molecule has 0 N–H and O–H groups in total. The highest BCUT2D eigenvalue weighted by atomic mass is 16.6. The highest BCUT2D eigenvalue weighted by Gasteiger charge is 2.66. The molecule has 0 aromatic rings.